The van der Waals surface area contributed by atoms with Gasteiger partial charge in [0.2, 0.25) is 5.88 Å². The van der Waals surface area contributed by atoms with Crippen LogP contribution in [0.2, 0.25) is 5.02 Å². The van der Waals surface area contributed by atoms with Crippen molar-refractivity contribution in [3.63, 3.8) is 0 Å². The first-order valence-corrected chi connectivity index (χ1v) is 3.93. The van der Waals surface area contributed by atoms with Gasteiger partial charge in [-0.15, -0.1) is 5.10 Å². The van der Waals surface area contributed by atoms with Crippen LogP contribution in [0.3, 0.4) is 0 Å². The summed E-state index contributed by atoms with van der Waals surface area (Å²) in [6, 6.07) is 5.17. The molecule has 0 spiro atoms. The molecule has 0 saturated carbocycles. The summed E-state index contributed by atoms with van der Waals surface area (Å²) in [6.07, 6.45) is 0. The Morgan fingerprint density at radius 1 is 1.54 bits per heavy atom. The van der Waals surface area contributed by atoms with Gasteiger partial charge in [0.25, 0.3) is 6.47 Å². The van der Waals surface area contributed by atoms with Crippen molar-refractivity contribution in [2.75, 3.05) is 0 Å². The number of H-pyrrole nitrogens is 1. The van der Waals surface area contributed by atoms with Crippen molar-refractivity contribution in [1.82, 2.24) is 10.2 Å². The van der Waals surface area contributed by atoms with Gasteiger partial charge >= 0.3 is 0 Å². The van der Waals surface area contributed by atoms with E-state index in [2.05, 4.69) is 14.9 Å². The quantitative estimate of drug-likeness (QED) is 0.745. The van der Waals surface area contributed by atoms with Crippen molar-refractivity contribution in [1.29, 1.82) is 0 Å². The number of carbonyl (C=O) groups is 1. The molecular weight excluding hydrogens is 192 g/mol. The molecule has 0 aliphatic carbocycles. The number of nitrogens with zero attached hydrogens (tertiary/aromatic N) is 1. The molecule has 0 bridgehead atoms. The second-order valence-corrected chi connectivity index (χ2v) is 2.87. The van der Waals surface area contributed by atoms with Crippen LogP contribution in [-0.4, -0.2) is 16.7 Å². The Morgan fingerprint density at radius 2 is 2.38 bits per heavy atom. The smallest absolute Gasteiger partial charge is 0.299 e. The highest BCUT2D eigenvalue weighted by molar-refractivity contribution is 6.31. The molecule has 4 nitrogen and oxygen atoms in total. The van der Waals surface area contributed by atoms with Crippen molar-refractivity contribution in [3.8, 4) is 5.88 Å². The van der Waals surface area contributed by atoms with E-state index >= 15 is 0 Å². The highest BCUT2D eigenvalue weighted by atomic mass is 35.5. The van der Waals surface area contributed by atoms with E-state index in [1.165, 1.54) is 0 Å². The average Bonchev–Trinajstić information content (AvgIpc) is 2.49. The minimum atomic E-state index is 0.243. The average molecular weight is 197 g/mol. The van der Waals surface area contributed by atoms with Crippen molar-refractivity contribution < 1.29 is 9.53 Å². The fourth-order valence-electron chi connectivity index (χ4n) is 1.10. The maximum Gasteiger partial charge on any atom is 0.299 e. The lowest BCUT2D eigenvalue weighted by molar-refractivity contribution is -0.120. The summed E-state index contributed by atoms with van der Waals surface area (Å²) in [5.41, 5.74) is 0.779. The molecule has 0 saturated heterocycles. The predicted molar refractivity (Wildman–Crippen MR) is 47.8 cm³/mol. The minimum Gasteiger partial charge on any atom is -0.407 e. The van der Waals surface area contributed by atoms with Crippen LogP contribution in [0.1, 0.15) is 0 Å². The number of aromatic nitrogens is 2. The zero-order valence-electron chi connectivity index (χ0n) is 6.45. The number of rotatable bonds is 2. The summed E-state index contributed by atoms with van der Waals surface area (Å²) < 4.78 is 4.63. The molecule has 0 aliphatic rings. The number of hydrogen-bond acceptors (Lipinski definition) is 3. The van der Waals surface area contributed by atoms with Crippen LogP contribution in [0.15, 0.2) is 18.2 Å². The van der Waals surface area contributed by atoms with Crippen LogP contribution in [0.4, 0.5) is 0 Å². The first-order valence-electron chi connectivity index (χ1n) is 3.55. The van der Waals surface area contributed by atoms with Crippen molar-refractivity contribution >= 4 is 29.0 Å². The molecule has 1 heterocycles. The van der Waals surface area contributed by atoms with Gasteiger partial charge in [0, 0.05) is 5.02 Å². The molecule has 0 atom stereocenters. The van der Waals surface area contributed by atoms with E-state index in [0.717, 1.165) is 5.52 Å². The molecule has 1 aromatic heterocycles. The second-order valence-electron chi connectivity index (χ2n) is 2.43. The van der Waals surface area contributed by atoms with Gasteiger partial charge < -0.3 is 4.74 Å². The van der Waals surface area contributed by atoms with Gasteiger partial charge in [0.05, 0.1) is 10.9 Å². The SMILES string of the molecule is O=COc1n[nH]c2ccc(Cl)cc12. The van der Waals surface area contributed by atoms with E-state index in [1.807, 2.05) is 0 Å². The van der Waals surface area contributed by atoms with Gasteiger partial charge in [-0.25, -0.2) is 0 Å². The fourth-order valence-corrected chi connectivity index (χ4v) is 1.27. The third-order valence-corrected chi connectivity index (χ3v) is 1.88. The van der Waals surface area contributed by atoms with Crippen LogP contribution < -0.4 is 4.74 Å². The Hall–Kier alpha value is -1.55. The summed E-state index contributed by atoms with van der Waals surface area (Å²) in [4.78, 5) is 10.1. The van der Waals surface area contributed by atoms with Crippen molar-refractivity contribution in [2.24, 2.45) is 0 Å². The molecule has 5 heteroatoms. The first kappa shape index (κ1) is 8.07. The molecule has 1 N–H and O–H groups in total. The Bertz CT molecular complexity index is 452. The molecule has 0 amide bonds. The predicted octanol–water partition coefficient (Wildman–Crippen LogP) is 1.75. The van der Waals surface area contributed by atoms with E-state index in [-0.39, 0.29) is 5.88 Å². The number of benzene rings is 1. The topological polar surface area (TPSA) is 55.0 Å². The van der Waals surface area contributed by atoms with Crippen molar-refractivity contribution in [3.05, 3.63) is 23.2 Å². The standard InChI is InChI=1S/C8H5ClN2O2/c9-5-1-2-7-6(3-5)8(11-10-7)13-4-12/h1-4H,(H,10,11). The lowest BCUT2D eigenvalue weighted by Crippen LogP contribution is -1.88. The number of nitrogens with one attached hydrogen (secondary N) is 1. The van der Waals surface area contributed by atoms with E-state index in [4.69, 9.17) is 11.6 Å². The van der Waals surface area contributed by atoms with E-state index in [0.29, 0.717) is 16.9 Å². The van der Waals surface area contributed by atoms with Gasteiger partial charge in [0.15, 0.2) is 0 Å². The van der Waals surface area contributed by atoms with Crippen LogP contribution in [0.25, 0.3) is 10.9 Å². The number of halogens is 1. The monoisotopic (exact) mass is 196 g/mol. The van der Waals surface area contributed by atoms with Crippen molar-refractivity contribution in [2.45, 2.75) is 0 Å². The number of ether oxygens (including phenoxy) is 1. The molecular formula is C8H5ClN2O2. The molecule has 0 radical (unpaired) electrons. The summed E-state index contributed by atoms with van der Waals surface area (Å²) >= 11 is 5.76. The van der Waals surface area contributed by atoms with E-state index in [9.17, 15) is 4.79 Å². The van der Waals surface area contributed by atoms with Crippen LogP contribution in [0.5, 0.6) is 5.88 Å². The minimum absolute atomic E-state index is 0.243. The Labute approximate surface area is 78.5 Å². The van der Waals surface area contributed by atoms with Crippen LogP contribution in [0, 0.1) is 0 Å². The summed E-state index contributed by atoms with van der Waals surface area (Å²) in [6.45, 7) is 0.330. The maximum atomic E-state index is 10.1. The lowest BCUT2D eigenvalue weighted by Gasteiger charge is -1.92. The summed E-state index contributed by atoms with van der Waals surface area (Å²) in [5, 5.41) is 7.76. The van der Waals surface area contributed by atoms with Gasteiger partial charge in [-0.1, -0.05) is 11.6 Å². The lowest BCUT2D eigenvalue weighted by atomic mass is 10.2. The van der Waals surface area contributed by atoms with Gasteiger partial charge in [-0.3, -0.25) is 9.89 Å². The molecule has 2 aromatic rings. The Balaban J connectivity index is 2.64. The van der Waals surface area contributed by atoms with Crippen LogP contribution in [-0.2, 0) is 4.79 Å². The molecule has 0 aliphatic heterocycles. The highest BCUT2D eigenvalue weighted by Crippen LogP contribution is 2.24. The maximum absolute atomic E-state index is 10.1. The Morgan fingerprint density at radius 3 is 3.15 bits per heavy atom. The van der Waals surface area contributed by atoms with Gasteiger partial charge in [-0.2, -0.15) is 0 Å². The highest BCUT2D eigenvalue weighted by Gasteiger charge is 2.06. The summed E-state index contributed by atoms with van der Waals surface area (Å²) in [5.74, 6) is 0.243. The third-order valence-electron chi connectivity index (χ3n) is 1.65. The Kier molecular flexibility index (Phi) is 1.90. The third kappa shape index (κ3) is 1.36. The zero-order valence-corrected chi connectivity index (χ0v) is 7.21. The van der Waals surface area contributed by atoms with Crippen LogP contribution >= 0.6 is 11.6 Å². The fraction of sp³-hybridized carbons (Fsp3) is 0. The van der Waals surface area contributed by atoms with Gasteiger partial charge in [0.1, 0.15) is 0 Å². The molecule has 2 rings (SSSR count). The molecule has 0 fully saturated rings. The first-order chi connectivity index (χ1) is 6.31. The molecule has 66 valence electrons. The van der Waals surface area contributed by atoms with E-state index in [1.54, 1.807) is 18.2 Å². The zero-order chi connectivity index (χ0) is 9.26. The molecule has 1 aromatic carbocycles. The summed E-state index contributed by atoms with van der Waals surface area (Å²) in [7, 11) is 0. The number of aromatic amines is 1. The van der Waals surface area contributed by atoms with Gasteiger partial charge in [-0.05, 0) is 18.2 Å². The molecule has 0 unspecified atom stereocenters. The largest absolute Gasteiger partial charge is 0.407 e. The number of carbonyl (C=O) groups excluding carboxylic acids is 1. The number of fused-ring (bicyclic) bond motifs is 1. The number of hydrogen-bond donors (Lipinski definition) is 1. The normalized spacial score (nSPS) is 10.2. The molecule has 13 heavy (non-hydrogen) atoms. The second kappa shape index (κ2) is 3.06. The van der Waals surface area contributed by atoms with E-state index < -0.39 is 0 Å².